The number of pyridine rings is 1. The van der Waals surface area contributed by atoms with Crippen molar-refractivity contribution in [2.45, 2.75) is 56.5 Å². The highest BCUT2D eigenvalue weighted by molar-refractivity contribution is 6.30. The van der Waals surface area contributed by atoms with Crippen LogP contribution in [0.25, 0.3) is 11.1 Å². The number of amides is 1. The molecule has 2 saturated heterocycles. The van der Waals surface area contributed by atoms with E-state index in [1.54, 1.807) is 24.5 Å². The number of aliphatic hydroxyl groups is 2. The number of rotatable bonds is 10. The lowest BCUT2D eigenvalue weighted by Crippen LogP contribution is -2.46. The smallest absolute Gasteiger partial charge is 0.253 e. The SMILES string of the molecule is O=C(NCc1cccc(-c2ccc([C@@H]3O[C@H](CN4CCC(O)(c5ccc(Cl)cc5)CC4)C[C@H](c4ccc(CO)cc4)O3)cc2)c1)c1cccnc1. The zero-order chi connectivity index (χ0) is 35.2. The second kappa shape index (κ2) is 15.9. The third-order valence-electron chi connectivity index (χ3n) is 9.96. The number of aliphatic hydroxyl groups excluding tert-OH is 1. The Morgan fingerprint density at radius 2 is 1.61 bits per heavy atom. The van der Waals surface area contributed by atoms with Crippen LogP contribution in [-0.2, 0) is 28.2 Å². The molecular weight excluding hydrogens is 662 g/mol. The fourth-order valence-corrected chi connectivity index (χ4v) is 7.08. The predicted octanol–water partition coefficient (Wildman–Crippen LogP) is 7.35. The molecule has 7 rings (SSSR count). The third kappa shape index (κ3) is 8.56. The Kier molecular flexibility index (Phi) is 10.9. The normalized spacial score (nSPS) is 20.5. The lowest BCUT2D eigenvalue weighted by molar-refractivity contribution is -0.253. The van der Waals surface area contributed by atoms with Gasteiger partial charge in [0.05, 0.1) is 30.0 Å². The lowest BCUT2D eigenvalue weighted by atomic mass is 9.84. The summed E-state index contributed by atoms with van der Waals surface area (Å²) in [7, 11) is 0. The van der Waals surface area contributed by atoms with Gasteiger partial charge >= 0.3 is 0 Å². The third-order valence-corrected chi connectivity index (χ3v) is 10.2. The molecule has 3 atom stereocenters. The molecule has 3 heterocycles. The number of likely N-dealkylation sites (tertiary alicyclic amines) is 1. The molecule has 8 nitrogen and oxygen atoms in total. The first-order chi connectivity index (χ1) is 24.8. The lowest BCUT2D eigenvalue weighted by Gasteiger charge is -2.42. The first-order valence-electron chi connectivity index (χ1n) is 17.4. The van der Waals surface area contributed by atoms with Gasteiger partial charge in [-0.1, -0.05) is 90.5 Å². The molecule has 0 saturated carbocycles. The van der Waals surface area contributed by atoms with E-state index in [0.29, 0.717) is 36.4 Å². The number of piperidine rings is 1. The van der Waals surface area contributed by atoms with E-state index in [2.05, 4.69) is 51.6 Å². The Balaban J connectivity index is 1.03. The van der Waals surface area contributed by atoms with Crippen LogP contribution < -0.4 is 5.32 Å². The summed E-state index contributed by atoms with van der Waals surface area (Å²) in [4.78, 5) is 18.9. The summed E-state index contributed by atoms with van der Waals surface area (Å²) in [6.45, 7) is 2.63. The fraction of sp³-hybridized carbons (Fsp3) is 0.286. The summed E-state index contributed by atoms with van der Waals surface area (Å²) in [6.07, 6.45) is 4.32. The second-order valence-electron chi connectivity index (χ2n) is 13.4. The maximum absolute atomic E-state index is 12.5. The van der Waals surface area contributed by atoms with E-state index in [9.17, 15) is 15.0 Å². The van der Waals surface area contributed by atoms with Crippen LogP contribution in [0, 0.1) is 0 Å². The minimum absolute atomic E-state index is 0.00715. The maximum Gasteiger partial charge on any atom is 0.253 e. The van der Waals surface area contributed by atoms with Crippen LogP contribution >= 0.6 is 11.6 Å². The van der Waals surface area contributed by atoms with Crippen LogP contribution in [0.4, 0.5) is 0 Å². The van der Waals surface area contributed by atoms with Gasteiger partial charge in [-0.05, 0) is 76.6 Å². The Bertz CT molecular complexity index is 1900. The van der Waals surface area contributed by atoms with Gasteiger partial charge in [-0.25, -0.2) is 0 Å². The van der Waals surface area contributed by atoms with Gasteiger partial charge in [0.2, 0.25) is 0 Å². The molecule has 5 aromatic rings. The van der Waals surface area contributed by atoms with E-state index < -0.39 is 11.9 Å². The summed E-state index contributed by atoms with van der Waals surface area (Å²) >= 11 is 6.09. The first kappa shape index (κ1) is 35.0. The van der Waals surface area contributed by atoms with E-state index >= 15 is 0 Å². The van der Waals surface area contributed by atoms with Gasteiger partial charge in [0.1, 0.15) is 0 Å². The molecule has 3 N–H and O–H groups in total. The fourth-order valence-electron chi connectivity index (χ4n) is 6.95. The molecule has 1 amide bonds. The quantitative estimate of drug-likeness (QED) is 0.140. The standard InChI is InChI=1S/C42H42ClN3O5/c43-37-16-14-36(15-17-37)42(49)18-21-46(22-19-42)27-38-24-39(32-8-6-29(28-47)7-9-32)51-41(50-38)33-12-10-31(11-13-33)34-4-1-3-30(23-34)25-45-40(48)35-5-2-20-44-26-35/h1-17,20,23,26,38-39,41,47,49H,18-19,21-22,24-25,27-28H2,(H,45,48)/t38-,39+,41+/m0/s1. The van der Waals surface area contributed by atoms with Gasteiger partial charge in [-0.15, -0.1) is 0 Å². The molecule has 0 spiro atoms. The van der Waals surface area contributed by atoms with Gasteiger partial charge in [-0.2, -0.15) is 0 Å². The van der Waals surface area contributed by atoms with Gasteiger partial charge in [0.15, 0.2) is 6.29 Å². The summed E-state index contributed by atoms with van der Waals surface area (Å²) in [5, 5.41) is 24.7. The number of aromatic nitrogens is 1. The van der Waals surface area contributed by atoms with Crippen molar-refractivity contribution in [2.24, 2.45) is 0 Å². The van der Waals surface area contributed by atoms with E-state index in [1.807, 2.05) is 60.7 Å². The summed E-state index contributed by atoms with van der Waals surface area (Å²) in [5.41, 5.74) is 6.48. The average Bonchev–Trinajstić information content (AvgIpc) is 3.18. The van der Waals surface area contributed by atoms with Crippen molar-refractivity contribution >= 4 is 17.5 Å². The molecule has 0 unspecified atom stereocenters. The summed E-state index contributed by atoms with van der Waals surface area (Å²) < 4.78 is 13.3. The molecule has 51 heavy (non-hydrogen) atoms. The highest BCUT2D eigenvalue weighted by atomic mass is 35.5. The number of nitrogens with zero attached hydrogens (tertiary/aromatic N) is 2. The molecule has 2 aliphatic heterocycles. The van der Waals surface area contributed by atoms with E-state index in [-0.39, 0.29) is 24.7 Å². The Labute approximate surface area is 303 Å². The van der Waals surface area contributed by atoms with Crippen LogP contribution in [0.1, 0.15) is 69.8 Å². The molecule has 0 bridgehead atoms. The number of halogens is 1. The number of nitrogens with one attached hydrogen (secondary N) is 1. The van der Waals surface area contributed by atoms with Crippen molar-refractivity contribution in [3.8, 4) is 11.1 Å². The van der Waals surface area contributed by atoms with Crippen molar-refractivity contribution in [1.29, 1.82) is 0 Å². The number of ether oxygens (including phenoxy) is 2. The Morgan fingerprint density at radius 1 is 0.863 bits per heavy atom. The maximum atomic E-state index is 12.5. The predicted molar refractivity (Wildman–Crippen MR) is 197 cm³/mol. The summed E-state index contributed by atoms with van der Waals surface area (Å²) in [5.74, 6) is -0.161. The van der Waals surface area contributed by atoms with E-state index in [0.717, 1.165) is 58.6 Å². The second-order valence-corrected chi connectivity index (χ2v) is 13.9. The van der Waals surface area contributed by atoms with Gasteiger partial charge < -0.3 is 29.9 Å². The Hall–Kier alpha value is -4.41. The van der Waals surface area contributed by atoms with Crippen LogP contribution in [0.2, 0.25) is 5.02 Å². The number of carbonyl (C=O) groups excluding carboxylic acids is 1. The number of hydrogen-bond donors (Lipinski definition) is 3. The highest BCUT2D eigenvalue weighted by Crippen LogP contribution is 2.40. The van der Waals surface area contributed by atoms with Crippen molar-refractivity contribution in [3.05, 3.63) is 160 Å². The molecule has 2 aliphatic rings. The minimum atomic E-state index is -0.869. The van der Waals surface area contributed by atoms with Gasteiger partial charge in [0.25, 0.3) is 5.91 Å². The number of hydrogen-bond acceptors (Lipinski definition) is 7. The first-order valence-corrected chi connectivity index (χ1v) is 17.8. The number of carbonyl (C=O) groups is 1. The monoisotopic (exact) mass is 703 g/mol. The zero-order valence-electron chi connectivity index (χ0n) is 28.3. The highest BCUT2D eigenvalue weighted by Gasteiger charge is 2.37. The molecule has 0 aliphatic carbocycles. The number of benzene rings is 4. The van der Waals surface area contributed by atoms with E-state index in [4.69, 9.17) is 21.1 Å². The van der Waals surface area contributed by atoms with Crippen LogP contribution in [-0.4, -0.2) is 51.7 Å². The molecule has 262 valence electrons. The van der Waals surface area contributed by atoms with Crippen LogP contribution in [0.3, 0.4) is 0 Å². The molecular formula is C42H42ClN3O5. The minimum Gasteiger partial charge on any atom is -0.392 e. The molecule has 2 fully saturated rings. The largest absolute Gasteiger partial charge is 0.392 e. The van der Waals surface area contributed by atoms with Crippen molar-refractivity contribution in [1.82, 2.24) is 15.2 Å². The Morgan fingerprint density at radius 3 is 2.31 bits per heavy atom. The molecule has 4 aromatic carbocycles. The topological polar surface area (TPSA) is 104 Å². The molecule has 0 radical (unpaired) electrons. The van der Waals surface area contributed by atoms with Gasteiger partial charge in [-0.3, -0.25) is 9.78 Å². The average molecular weight is 704 g/mol. The van der Waals surface area contributed by atoms with Crippen molar-refractivity contribution < 1.29 is 24.5 Å². The van der Waals surface area contributed by atoms with Crippen molar-refractivity contribution in [3.63, 3.8) is 0 Å². The van der Waals surface area contributed by atoms with Gasteiger partial charge in [0, 0.05) is 55.6 Å². The van der Waals surface area contributed by atoms with Crippen molar-refractivity contribution in [2.75, 3.05) is 19.6 Å². The molecule has 9 heteroatoms. The van der Waals surface area contributed by atoms with Crippen LogP contribution in [0.15, 0.2) is 122 Å². The van der Waals surface area contributed by atoms with E-state index in [1.165, 1.54) is 0 Å². The molecule has 1 aromatic heterocycles. The zero-order valence-corrected chi connectivity index (χ0v) is 29.1. The summed E-state index contributed by atoms with van der Waals surface area (Å²) in [6, 6.07) is 35.3. The van der Waals surface area contributed by atoms with Crippen LogP contribution in [0.5, 0.6) is 0 Å².